The number of rotatable bonds is 3. The zero-order valence-corrected chi connectivity index (χ0v) is 13.9. The smallest absolute Gasteiger partial charge is 0.200 e. The maximum absolute atomic E-state index is 14.6. The van der Waals surface area contributed by atoms with Crippen LogP contribution in [0.25, 0.3) is 0 Å². The molecule has 0 heterocycles. The molecule has 0 aliphatic rings. The van der Waals surface area contributed by atoms with Crippen LogP contribution in [0.5, 0.6) is 0 Å². The van der Waals surface area contributed by atoms with Crippen LogP contribution in [0.4, 0.5) is 22.0 Å². The highest BCUT2D eigenvalue weighted by atomic mass is 32.3. The molecular weight excluding hydrogens is 355 g/mol. The first-order valence-electron chi connectivity index (χ1n) is 7.29. The van der Waals surface area contributed by atoms with E-state index in [-0.39, 0.29) is 0 Å². The van der Waals surface area contributed by atoms with Crippen LogP contribution >= 0.6 is 10.0 Å². The SMILES string of the molecule is CS(c1ccccc1)(c1ccccc1)c1c(F)c(F)c(F)c(F)c1F. The number of hydrogen-bond donors (Lipinski definition) is 0. The van der Waals surface area contributed by atoms with Crippen molar-refractivity contribution in [3.8, 4) is 0 Å². The summed E-state index contributed by atoms with van der Waals surface area (Å²) in [5, 5.41) is 0. The first-order chi connectivity index (χ1) is 11.9. The molecule has 130 valence electrons. The highest BCUT2D eigenvalue weighted by Gasteiger charge is 2.37. The van der Waals surface area contributed by atoms with E-state index < -0.39 is 44.0 Å². The fourth-order valence-corrected chi connectivity index (χ4v) is 5.74. The summed E-state index contributed by atoms with van der Waals surface area (Å²) in [4.78, 5) is 0.190. The number of halogens is 5. The van der Waals surface area contributed by atoms with Crippen molar-refractivity contribution in [3.63, 3.8) is 0 Å². The molecule has 0 aliphatic heterocycles. The molecule has 0 unspecified atom stereocenters. The predicted octanol–water partition coefficient (Wildman–Crippen LogP) is 6.29. The van der Waals surface area contributed by atoms with Crippen molar-refractivity contribution in [2.24, 2.45) is 0 Å². The summed E-state index contributed by atoms with van der Waals surface area (Å²) >= 11 is 0. The molecule has 3 aromatic carbocycles. The van der Waals surface area contributed by atoms with E-state index in [4.69, 9.17) is 0 Å². The summed E-state index contributed by atoms with van der Waals surface area (Å²) in [6.45, 7) is 0. The topological polar surface area (TPSA) is 0 Å². The molecule has 0 radical (unpaired) electrons. The summed E-state index contributed by atoms with van der Waals surface area (Å²) in [7, 11) is -2.69. The molecule has 0 N–H and O–H groups in total. The first kappa shape index (κ1) is 17.5. The molecule has 0 saturated carbocycles. The Balaban J connectivity index is 2.44. The molecule has 3 rings (SSSR count). The zero-order chi connectivity index (χ0) is 18.2. The average molecular weight is 368 g/mol. The first-order valence-corrected chi connectivity index (χ1v) is 9.33. The molecule has 0 bridgehead atoms. The van der Waals surface area contributed by atoms with Gasteiger partial charge in [0, 0.05) is 0 Å². The Bertz CT molecular complexity index is 842. The van der Waals surface area contributed by atoms with Crippen LogP contribution in [0.1, 0.15) is 0 Å². The van der Waals surface area contributed by atoms with Gasteiger partial charge in [-0.2, -0.15) is 10.0 Å². The summed E-state index contributed by atoms with van der Waals surface area (Å²) in [5.41, 5.74) is 0. The molecule has 0 saturated heterocycles. The summed E-state index contributed by atoms with van der Waals surface area (Å²) in [6, 6.07) is 16.6. The Morgan fingerprint density at radius 3 is 1.20 bits per heavy atom. The van der Waals surface area contributed by atoms with Gasteiger partial charge in [0.2, 0.25) is 5.82 Å². The summed E-state index contributed by atoms with van der Waals surface area (Å²) in [6.07, 6.45) is 1.52. The maximum Gasteiger partial charge on any atom is 0.200 e. The van der Waals surface area contributed by atoms with Gasteiger partial charge in [0.05, 0.1) is 4.90 Å². The van der Waals surface area contributed by atoms with Crippen molar-refractivity contribution >= 4 is 10.0 Å². The molecule has 3 aromatic rings. The largest absolute Gasteiger partial charge is 0.202 e. The second-order valence-electron chi connectivity index (χ2n) is 5.44. The van der Waals surface area contributed by atoms with Crippen LogP contribution in [0.15, 0.2) is 75.4 Å². The summed E-state index contributed by atoms with van der Waals surface area (Å²) in [5.74, 6) is -9.59. The van der Waals surface area contributed by atoms with Crippen molar-refractivity contribution in [2.75, 3.05) is 6.26 Å². The van der Waals surface area contributed by atoms with Gasteiger partial charge in [-0.15, -0.1) is 0 Å². The van der Waals surface area contributed by atoms with E-state index in [0.29, 0.717) is 9.79 Å². The summed E-state index contributed by atoms with van der Waals surface area (Å²) < 4.78 is 70.2. The lowest BCUT2D eigenvalue weighted by molar-refractivity contribution is 0.360. The Labute approximate surface area is 143 Å². The van der Waals surface area contributed by atoms with E-state index in [9.17, 15) is 22.0 Å². The van der Waals surface area contributed by atoms with Gasteiger partial charge in [-0.1, -0.05) is 36.4 Å². The van der Waals surface area contributed by atoms with Crippen molar-refractivity contribution in [2.45, 2.75) is 14.7 Å². The molecule has 0 spiro atoms. The Morgan fingerprint density at radius 2 is 0.840 bits per heavy atom. The lowest BCUT2D eigenvalue weighted by atomic mass is 10.3. The molecule has 0 fully saturated rings. The minimum atomic E-state index is -2.69. The lowest BCUT2D eigenvalue weighted by Gasteiger charge is -2.37. The second kappa shape index (κ2) is 6.52. The molecule has 6 heteroatoms. The van der Waals surface area contributed by atoms with Crippen molar-refractivity contribution in [1.82, 2.24) is 0 Å². The third kappa shape index (κ3) is 2.70. The molecular formula is C19H13F5S. The van der Waals surface area contributed by atoms with Crippen LogP contribution in [0.3, 0.4) is 0 Å². The third-order valence-electron chi connectivity index (χ3n) is 4.01. The average Bonchev–Trinajstić information content (AvgIpc) is 2.66. The van der Waals surface area contributed by atoms with Gasteiger partial charge in [0.25, 0.3) is 0 Å². The van der Waals surface area contributed by atoms with Gasteiger partial charge < -0.3 is 0 Å². The van der Waals surface area contributed by atoms with E-state index in [1.165, 1.54) is 6.26 Å². The van der Waals surface area contributed by atoms with E-state index in [0.717, 1.165) is 0 Å². The lowest BCUT2D eigenvalue weighted by Crippen LogP contribution is -2.12. The normalized spacial score (nSPS) is 12.2. The highest BCUT2D eigenvalue weighted by molar-refractivity contribution is 8.33. The predicted molar refractivity (Wildman–Crippen MR) is 87.4 cm³/mol. The van der Waals surface area contributed by atoms with Crippen LogP contribution in [-0.2, 0) is 0 Å². The number of hydrogen-bond acceptors (Lipinski definition) is 0. The monoisotopic (exact) mass is 368 g/mol. The number of benzene rings is 3. The van der Waals surface area contributed by atoms with Gasteiger partial charge in [-0.05, 0) is 40.3 Å². The van der Waals surface area contributed by atoms with Crippen molar-refractivity contribution in [3.05, 3.63) is 89.7 Å². The fraction of sp³-hybridized carbons (Fsp3) is 0.0526. The molecule has 0 amide bonds. The standard InChI is InChI=1S/C19H13F5S/c1-25(12-8-4-2-5-9-12,13-10-6-3-7-11-13)19-17(23)15(21)14(20)16(22)18(19)24/h2-11H,1H3. The van der Waals surface area contributed by atoms with Crippen molar-refractivity contribution in [1.29, 1.82) is 0 Å². The molecule has 0 nitrogen and oxygen atoms in total. The second-order valence-corrected chi connectivity index (χ2v) is 8.63. The van der Waals surface area contributed by atoms with E-state index in [1.54, 1.807) is 60.7 Å². The Morgan fingerprint density at radius 1 is 0.520 bits per heavy atom. The van der Waals surface area contributed by atoms with Crippen LogP contribution in [-0.4, -0.2) is 6.26 Å². The minimum Gasteiger partial charge on any atom is -0.202 e. The third-order valence-corrected chi connectivity index (χ3v) is 7.61. The Kier molecular flexibility index (Phi) is 4.56. The zero-order valence-electron chi connectivity index (χ0n) is 13.1. The van der Waals surface area contributed by atoms with E-state index in [1.807, 2.05) is 0 Å². The van der Waals surface area contributed by atoms with Gasteiger partial charge in [0.1, 0.15) is 0 Å². The molecule has 25 heavy (non-hydrogen) atoms. The van der Waals surface area contributed by atoms with Gasteiger partial charge >= 0.3 is 0 Å². The van der Waals surface area contributed by atoms with Gasteiger partial charge in [0.15, 0.2) is 23.3 Å². The van der Waals surface area contributed by atoms with Gasteiger partial charge in [-0.3, -0.25) is 0 Å². The highest BCUT2D eigenvalue weighted by Crippen LogP contribution is 2.67. The Hall–Kier alpha value is -2.34. The molecule has 0 aromatic heterocycles. The molecule has 0 atom stereocenters. The van der Waals surface area contributed by atoms with Crippen molar-refractivity contribution < 1.29 is 22.0 Å². The quantitative estimate of drug-likeness (QED) is 0.289. The van der Waals surface area contributed by atoms with Crippen LogP contribution < -0.4 is 0 Å². The van der Waals surface area contributed by atoms with E-state index in [2.05, 4.69) is 0 Å². The van der Waals surface area contributed by atoms with E-state index >= 15 is 0 Å². The fourth-order valence-electron chi connectivity index (χ4n) is 2.70. The van der Waals surface area contributed by atoms with Crippen LogP contribution in [0, 0.1) is 29.1 Å². The molecule has 0 aliphatic carbocycles. The van der Waals surface area contributed by atoms with Gasteiger partial charge in [-0.25, -0.2) is 22.0 Å². The van der Waals surface area contributed by atoms with Crippen LogP contribution in [0.2, 0.25) is 0 Å². The maximum atomic E-state index is 14.6. The minimum absolute atomic E-state index is 0.490.